The summed E-state index contributed by atoms with van der Waals surface area (Å²) in [5, 5.41) is 0.939. The van der Waals surface area contributed by atoms with Crippen molar-refractivity contribution in [1.82, 2.24) is 10.4 Å². The van der Waals surface area contributed by atoms with Gasteiger partial charge in [0.2, 0.25) is 0 Å². The highest BCUT2D eigenvalue weighted by Gasteiger charge is 2.06. The maximum absolute atomic E-state index is 12.1. The third kappa shape index (κ3) is 3.20. The summed E-state index contributed by atoms with van der Waals surface area (Å²) < 4.78 is 0.987. The van der Waals surface area contributed by atoms with Crippen LogP contribution in [0.15, 0.2) is 65.3 Å². The number of rotatable bonds is 3. The Bertz CT molecular complexity index is 787. The quantitative estimate of drug-likeness (QED) is 0.713. The Labute approximate surface area is 130 Å². The molecule has 0 aliphatic rings. The van der Waals surface area contributed by atoms with E-state index in [0.29, 0.717) is 5.56 Å². The van der Waals surface area contributed by atoms with Gasteiger partial charge in [-0.1, -0.05) is 22.0 Å². The molecule has 0 aliphatic heterocycles. The van der Waals surface area contributed by atoms with E-state index in [2.05, 4.69) is 31.8 Å². The van der Waals surface area contributed by atoms with Crippen molar-refractivity contribution in [2.45, 2.75) is 0 Å². The van der Waals surface area contributed by atoms with Crippen LogP contribution in [0.5, 0.6) is 0 Å². The summed E-state index contributed by atoms with van der Waals surface area (Å²) >= 11 is 3.36. The molecular weight excluding hydrogens is 330 g/mol. The first kappa shape index (κ1) is 13.6. The molecule has 21 heavy (non-hydrogen) atoms. The lowest BCUT2D eigenvalue weighted by molar-refractivity contribution is 0.0963. The Morgan fingerprint density at radius 3 is 2.67 bits per heavy atom. The number of fused-ring (bicyclic) bond motifs is 1. The molecule has 0 unspecified atom stereocenters. The molecule has 1 amide bonds. The predicted molar refractivity (Wildman–Crippen MR) is 87.0 cm³/mol. The molecule has 0 atom stereocenters. The molecule has 0 spiro atoms. The van der Waals surface area contributed by atoms with Gasteiger partial charge in [0.05, 0.1) is 11.2 Å². The minimum atomic E-state index is -0.191. The van der Waals surface area contributed by atoms with Gasteiger partial charge in [-0.05, 0) is 48.5 Å². The minimum absolute atomic E-state index is 0.191. The first-order valence-corrected chi connectivity index (χ1v) is 7.18. The molecule has 3 rings (SSSR count). The topological polar surface area (TPSA) is 54.0 Å². The van der Waals surface area contributed by atoms with Crippen LogP contribution in [0.2, 0.25) is 0 Å². The molecule has 1 heterocycles. The Hall–Kier alpha value is -2.40. The summed E-state index contributed by atoms with van der Waals surface area (Å²) in [5.41, 5.74) is 7.82. The van der Waals surface area contributed by atoms with Gasteiger partial charge in [-0.15, -0.1) is 0 Å². The highest BCUT2D eigenvalue weighted by Crippen LogP contribution is 2.15. The van der Waals surface area contributed by atoms with Gasteiger partial charge in [-0.2, -0.15) is 0 Å². The zero-order valence-corrected chi connectivity index (χ0v) is 12.6. The fraction of sp³-hybridized carbons (Fsp3) is 0. The number of benzene rings is 2. The van der Waals surface area contributed by atoms with Crippen molar-refractivity contribution in [2.75, 3.05) is 5.43 Å². The van der Waals surface area contributed by atoms with Crippen LogP contribution in [-0.2, 0) is 0 Å². The molecule has 0 fully saturated rings. The fourth-order valence-corrected chi connectivity index (χ4v) is 2.22. The number of aromatic nitrogens is 1. The molecular formula is C16H12BrN3O. The molecule has 5 heteroatoms. The van der Waals surface area contributed by atoms with E-state index in [1.807, 2.05) is 48.5 Å². The SMILES string of the molecule is O=C(NNc1ccc(Br)cc1)c1ccc2ncccc2c1. The van der Waals surface area contributed by atoms with E-state index in [0.717, 1.165) is 21.1 Å². The summed E-state index contributed by atoms with van der Waals surface area (Å²) in [5.74, 6) is -0.191. The molecule has 2 aromatic carbocycles. The summed E-state index contributed by atoms with van der Waals surface area (Å²) in [4.78, 5) is 16.4. The van der Waals surface area contributed by atoms with Crippen LogP contribution < -0.4 is 10.9 Å². The number of carbonyl (C=O) groups is 1. The Morgan fingerprint density at radius 1 is 1.05 bits per heavy atom. The van der Waals surface area contributed by atoms with Crippen LogP contribution in [0.25, 0.3) is 10.9 Å². The van der Waals surface area contributed by atoms with Crippen molar-refractivity contribution in [3.8, 4) is 0 Å². The molecule has 0 saturated carbocycles. The standard InChI is InChI=1S/C16H12BrN3O/c17-13-4-6-14(7-5-13)19-20-16(21)12-3-8-15-11(10-12)2-1-9-18-15/h1-10,19H,(H,20,21). The minimum Gasteiger partial charge on any atom is -0.298 e. The third-order valence-corrected chi connectivity index (χ3v) is 3.56. The number of halogens is 1. The molecule has 0 aliphatic carbocycles. The molecule has 0 radical (unpaired) electrons. The number of amides is 1. The normalized spacial score (nSPS) is 10.3. The Morgan fingerprint density at radius 2 is 1.86 bits per heavy atom. The van der Waals surface area contributed by atoms with Crippen LogP contribution in [0, 0.1) is 0 Å². The van der Waals surface area contributed by atoms with Crippen molar-refractivity contribution in [3.63, 3.8) is 0 Å². The number of hydrogen-bond donors (Lipinski definition) is 2. The van der Waals surface area contributed by atoms with Gasteiger partial charge in [0, 0.05) is 21.6 Å². The molecule has 2 N–H and O–H groups in total. The van der Waals surface area contributed by atoms with Crippen molar-refractivity contribution in [2.24, 2.45) is 0 Å². The molecule has 0 bridgehead atoms. The third-order valence-electron chi connectivity index (χ3n) is 3.03. The molecule has 0 saturated heterocycles. The number of anilines is 1. The smallest absolute Gasteiger partial charge is 0.269 e. The molecule has 104 valence electrons. The number of carbonyl (C=O) groups excluding carboxylic acids is 1. The van der Waals surface area contributed by atoms with Crippen LogP contribution >= 0.6 is 15.9 Å². The summed E-state index contributed by atoms with van der Waals surface area (Å²) in [7, 11) is 0. The van der Waals surface area contributed by atoms with Crippen molar-refractivity contribution >= 4 is 38.4 Å². The monoisotopic (exact) mass is 341 g/mol. The summed E-state index contributed by atoms with van der Waals surface area (Å²) in [6.45, 7) is 0. The summed E-state index contributed by atoms with van der Waals surface area (Å²) in [6.07, 6.45) is 1.73. The van der Waals surface area contributed by atoms with Crippen molar-refractivity contribution in [1.29, 1.82) is 0 Å². The van der Waals surface area contributed by atoms with Gasteiger partial charge in [0.15, 0.2) is 0 Å². The maximum Gasteiger partial charge on any atom is 0.269 e. The van der Waals surface area contributed by atoms with Gasteiger partial charge in [-0.3, -0.25) is 20.6 Å². The highest BCUT2D eigenvalue weighted by molar-refractivity contribution is 9.10. The lowest BCUT2D eigenvalue weighted by atomic mass is 10.1. The van der Waals surface area contributed by atoms with E-state index in [4.69, 9.17) is 0 Å². The lowest BCUT2D eigenvalue weighted by Gasteiger charge is -2.09. The van der Waals surface area contributed by atoms with Gasteiger partial charge < -0.3 is 0 Å². The van der Waals surface area contributed by atoms with E-state index < -0.39 is 0 Å². The Kier molecular flexibility index (Phi) is 3.83. The number of pyridine rings is 1. The largest absolute Gasteiger partial charge is 0.298 e. The van der Waals surface area contributed by atoms with E-state index in [-0.39, 0.29) is 5.91 Å². The highest BCUT2D eigenvalue weighted by atomic mass is 79.9. The lowest BCUT2D eigenvalue weighted by Crippen LogP contribution is -2.29. The van der Waals surface area contributed by atoms with Crippen LogP contribution in [0.4, 0.5) is 5.69 Å². The average Bonchev–Trinajstić information content (AvgIpc) is 2.53. The molecule has 1 aromatic heterocycles. The summed E-state index contributed by atoms with van der Waals surface area (Å²) in [6, 6.07) is 16.7. The first-order valence-electron chi connectivity index (χ1n) is 6.39. The second-order valence-electron chi connectivity index (χ2n) is 4.50. The molecule has 4 nitrogen and oxygen atoms in total. The Balaban J connectivity index is 1.73. The first-order chi connectivity index (χ1) is 10.2. The molecule has 3 aromatic rings. The van der Waals surface area contributed by atoms with E-state index >= 15 is 0 Å². The van der Waals surface area contributed by atoms with Gasteiger partial charge in [0.25, 0.3) is 5.91 Å². The van der Waals surface area contributed by atoms with Gasteiger partial charge >= 0.3 is 0 Å². The van der Waals surface area contributed by atoms with E-state index in [1.165, 1.54) is 0 Å². The van der Waals surface area contributed by atoms with Crippen molar-refractivity contribution < 1.29 is 4.79 Å². The van der Waals surface area contributed by atoms with Gasteiger partial charge in [0.1, 0.15) is 0 Å². The second-order valence-corrected chi connectivity index (χ2v) is 5.41. The van der Waals surface area contributed by atoms with Crippen LogP contribution in [0.3, 0.4) is 0 Å². The van der Waals surface area contributed by atoms with Crippen molar-refractivity contribution in [3.05, 3.63) is 70.8 Å². The fourth-order valence-electron chi connectivity index (χ4n) is 1.95. The van der Waals surface area contributed by atoms with Gasteiger partial charge in [-0.25, -0.2) is 0 Å². The zero-order chi connectivity index (χ0) is 14.7. The van der Waals surface area contributed by atoms with Crippen LogP contribution in [0.1, 0.15) is 10.4 Å². The van der Waals surface area contributed by atoms with Crippen LogP contribution in [-0.4, -0.2) is 10.9 Å². The predicted octanol–water partition coefficient (Wildman–Crippen LogP) is 3.75. The van der Waals surface area contributed by atoms with E-state index in [9.17, 15) is 4.79 Å². The number of hydrazine groups is 1. The average molecular weight is 342 g/mol. The maximum atomic E-state index is 12.1. The second kappa shape index (κ2) is 5.93. The van der Waals surface area contributed by atoms with E-state index in [1.54, 1.807) is 12.3 Å². The number of hydrogen-bond acceptors (Lipinski definition) is 3. The number of nitrogens with one attached hydrogen (secondary N) is 2. The zero-order valence-electron chi connectivity index (χ0n) is 11.0. The number of nitrogens with zero attached hydrogens (tertiary/aromatic N) is 1.